The van der Waals surface area contributed by atoms with Crippen molar-refractivity contribution in [3.63, 3.8) is 0 Å². The SMILES string of the molecule is CC(Nc1ccc([N+](=O)[O-])cc1C#N)c1nnc2n1CCCC2. The molecule has 1 aliphatic rings. The van der Waals surface area contributed by atoms with Gasteiger partial charge in [-0.2, -0.15) is 5.26 Å². The van der Waals surface area contributed by atoms with Gasteiger partial charge in [0.25, 0.3) is 5.69 Å². The third kappa shape index (κ3) is 2.85. The van der Waals surface area contributed by atoms with E-state index in [-0.39, 0.29) is 17.3 Å². The first-order valence-electron chi connectivity index (χ1n) is 7.47. The number of nitro groups is 1. The van der Waals surface area contributed by atoms with Gasteiger partial charge in [-0.1, -0.05) is 0 Å². The molecule has 0 radical (unpaired) electrons. The summed E-state index contributed by atoms with van der Waals surface area (Å²) in [4.78, 5) is 10.3. The third-order valence-electron chi connectivity index (χ3n) is 3.98. The number of nitrogens with zero attached hydrogens (tertiary/aromatic N) is 5. The summed E-state index contributed by atoms with van der Waals surface area (Å²) in [6, 6.07) is 6.06. The predicted octanol–water partition coefficient (Wildman–Crippen LogP) is 2.57. The number of fused-ring (bicyclic) bond motifs is 1. The second-order valence-corrected chi connectivity index (χ2v) is 5.55. The zero-order valence-corrected chi connectivity index (χ0v) is 12.7. The van der Waals surface area contributed by atoms with E-state index in [1.165, 1.54) is 12.1 Å². The number of aromatic nitrogens is 3. The Morgan fingerprint density at radius 3 is 3.00 bits per heavy atom. The zero-order valence-electron chi connectivity index (χ0n) is 12.7. The zero-order chi connectivity index (χ0) is 16.4. The van der Waals surface area contributed by atoms with Crippen LogP contribution in [0.15, 0.2) is 18.2 Å². The van der Waals surface area contributed by atoms with Crippen LogP contribution in [0.25, 0.3) is 0 Å². The number of nitro benzene ring substituents is 1. The molecule has 8 nitrogen and oxygen atoms in total. The fraction of sp³-hybridized carbons (Fsp3) is 0.400. The molecule has 0 saturated heterocycles. The van der Waals surface area contributed by atoms with Crippen LogP contribution in [-0.2, 0) is 13.0 Å². The Morgan fingerprint density at radius 1 is 1.43 bits per heavy atom. The predicted molar refractivity (Wildman–Crippen MR) is 82.8 cm³/mol. The van der Waals surface area contributed by atoms with E-state index in [2.05, 4.69) is 20.1 Å². The van der Waals surface area contributed by atoms with E-state index < -0.39 is 4.92 Å². The fourth-order valence-corrected chi connectivity index (χ4v) is 2.81. The number of hydrogen-bond donors (Lipinski definition) is 1. The Bertz CT molecular complexity index is 792. The van der Waals surface area contributed by atoms with E-state index in [1.807, 2.05) is 13.0 Å². The van der Waals surface area contributed by atoms with Crippen LogP contribution in [0, 0.1) is 21.4 Å². The van der Waals surface area contributed by atoms with Gasteiger partial charge in [0.2, 0.25) is 0 Å². The van der Waals surface area contributed by atoms with Crippen LogP contribution < -0.4 is 5.32 Å². The number of anilines is 1. The monoisotopic (exact) mass is 312 g/mol. The van der Waals surface area contributed by atoms with Crippen LogP contribution in [0.4, 0.5) is 11.4 Å². The van der Waals surface area contributed by atoms with Crippen molar-refractivity contribution >= 4 is 11.4 Å². The molecule has 1 atom stereocenters. The molecule has 23 heavy (non-hydrogen) atoms. The van der Waals surface area contributed by atoms with Gasteiger partial charge in [-0.05, 0) is 25.8 Å². The van der Waals surface area contributed by atoms with Gasteiger partial charge in [-0.25, -0.2) is 0 Å². The van der Waals surface area contributed by atoms with Crippen molar-refractivity contribution in [2.45, 2.75) is 38.8 Å². The smallest absolute Gasteiger partial charge is 0.270 e. The highest BCUT2D eigenvalue weighted by Gasteiger charge is 2.21. The quantitative estimate of drug-likeness (QED) is 0.686. The molecule has 0 bridgehead atoms. The highest BCUT2D eigenvalue weighted by Crippen LogP contribution is 2.26. The van der Waals surface area contributed by atoms with Crippen molar-refractivity contribution in [1.29, 1.82) is 5.26 Å². The molecule has 118 valence electrons. The Balaban J connectivity index is 1.86. The molecule has 1 aliphatic heterocycles. The lowest BCUT2D eigenvalue weighted by Crippen LogP contribution is -2.18. The lowest BCUT2D eigenvalue weighted by Gasteiger charge is -2.19. The van der Waals surface area contributed by atoms with Gasteiger partial charge in [0.05, 0.1) is 22.2 Å². The van der Waals surface area contributed by atoms with Gasteiger partial charge < -0.3 is 9.88 Å². The molecule has 2 aromatic rings. The highest BCUT2D eigenvalue weighted by molar-refractivity contribution is 5.61. The number of non-ortho nitro benzene ring substituents is 1. The van der Waals surface area contributed by atoms with Gasteiger partial charge in [0, 0.05) is 25.1 Å². The summed E-state index contributed by atoms with van der Waals surface area (Å²) in [5, 5.41) is 31.7. The van der Waals surface area contributed by atoms with Crippen molar-refractivity contribution in [1.82, 2.24) is 14.8 Å². The van der Waals surface area contributed by atoms with Crippen LogP contribution in [0.2, 0.25) is 0 Å². The summed E-state index contributed by atoms with van der Waals surface area (Å²) in [7, 11) is 0. The maximum Gasteiger partial charge on any atom is 0.270 e. The van der Waals surface area contributed by atoms with Gasteiger partial charge in [-0.15, -0.1) is 10.2 Å². The number of nitriles is 1. The van der Waals surface area contributed by atoms with Crippen molar-refractivity contribution in [3.05, 3.63) is 45.5 Å². The van der Waals surface area contributed by atoms with Crippen LogP contribution >= 0.6 is 0 Å². The summed E-state index contributed by atoms with van der Waals surface area (Å²) in [6.07, 6.45) is 3.16. The van der Waals surface area contributed by atoms with Gasteiger partial charge >= 0.3 is 0 Å². The first-order valence-corrected chi connectivity index (χ1v) is 7.47. The van der Waals surface area contributed by atoms with Crippen LogP contribution in [0.3, 0.4) is 0 Å². The summed E-state index contributed by atoms with van der Waals surface area (Å²) in [5.74, 6) is 1.81. The Morgan fingerprint density at radius 2 is 2.26 bits per heavy atom. The molecule has 1 aromatic carbocycles. The average molecular weight is 312 g/mol. The van der Waals surface area contributed by atoms with Crippen molar-refractivity contribution in [3.8, 4) is 6.07 Å². The molecule has 0 saturated carbocycles. The minimum atomic E-state index is -0.511. The number of benzene rings is 1. The minimum absolute atomic E-state index is 0.0976. The molecule has 2 heterocycles. The first kappa shape index (κ1) is 15.0. The standard InChI is InChI=1S/C15H16N6O2/c1-10(15-19-18-14-4-2-3-7-20(14)15)17-13-6-5-12(21(22)23)8-11(13)9-16/h5-6,8,10,17H,2-4,7H2,1H3. The molecule has 0 amide bonds. The lowest BCUT2D eigenvalue weighted by atomic mass is 10.1. The highest BCUT2D eigenvalue weighted by atomic mass is 16.6. The van der Waals surface area contributed by atoms with E-state index in [4.69, 9.17) is 0 Å². The summed E-state index contributed by atoms with van der Waals surface area (Å²) >= 11 is 0. The number of aryl methyl sites for hydroxylation is 1. The van der Waals surface area contributed by atoms with Crippen LogP contribution in [-0.4, -0.2) is 19.7 Å². The summed E-state index contributed by atoms with van der Waals surface area (Å²) < 4.78 is 2.11. The molecule has 3 rings (SSSR count). The van der Waals surface area contributed by atoms with Crippen molar-refractivity contribution < 1.29 is 4.92 Å². The van der Waals surface area contributed by atoms with E-state index in [0.717, 1.165) is 37.5 Å². The normalized spacial score (nSPS) is 14.6. The third-order valence-corrected chi connectivity index (χ3v) is 3.98. The van der Waals surface area contributed by atoms with E-state index in [1.54, 1.807) is 6.07 Å². The Hall–Kier alpha value is -2.95. The molecule has 1 unspecified atom stereocenters. The number of rotatable bonds is 4. The molecule has 1 aromatic heterocycles. The molecule has 8 heteroatoms. The molecule has 1 N–H and O–H groups in total. The fourth-order valence-electron chi connectivity index (χ4n) is 2.81. The van der Waals surface area contributed by atoms with Crippen LogP contribution in [0.1, 0.15) is 43.0 Å². The number of hydrogen-bond acceptors (Lipinski definition) is 6. The molecular weight excluding hydrogens is 296 g/mol. The van der Waals surface area contributed by atoms with Crippen molar-refractivity contribution in [2.75, 3.05) is 5.32 Å². The van der Waals surface area contributed by atoms with Gasteiger partial charge in [0.1, 0.15) is 11.9 Å². The Kier molecular flexibility index (Phi) is 3.93. The summed E-state index contributed by atoms with van der Waals surface area (Å²) in [6.45, 7) is 2.84. The molecule has 0 spiro atoms. The molecular formula is C15H16N6O2. The largest absolute Gasteiger partial charge is 0.374 e. The van der Waals surface area contributed by atoms with Crippen LogP contribution in [0.5, 0.6) is 0 Å². The Labute approximate surface area is 132 Å². The topological polar surface area (TPSA) is 110 Å². The first-order chi connectivity index (χ1) is 11.1. The minimum Gasteiger partial charge on any atom is -0.374 e. The second kappa shape index (κ2) is 6.04. The second-order valence-electron chi connectivity index (χ2n) is 5.55. The van der Waals surface area contributed by atoms with Gasteiger partial charge in [-0.3, -0.25) is 10.1 Å². The van der Waals surface area contributed by atoms with E-state index in [0.29, 0.717) is 5.69 Å². The maximum absolute atomic E-state index is 10.8. The maximum atomic E-state index is 10.8. The number of nitrogens with one attached hydrogen (secondary N) is 1. The molecule has 0 fully saturated rings. The van der Waals surface area contributed by atoms with Gasteiger partial charge in [0.15, 0.2) is 5.82 Å². The average Bonchev–Trinajstić information content (AvgIpc) is 2.99. The van der Waals surface area contributed by atoms with E-state index >= 15 is 0 Å². The summed E-state index contributed by atoms with van der Waals surface area (Å²) in [5.41, 5.74) is 0.697. The van der Waals surface area contributed by atoms with E-state index in [9.17, 15) is 15.4 Å². The molecule has 0 aliphatic carbocycles. The van der Waals surface area contributed by atoms with Crippen molar-refractivity contribution in [2.24, 2.45) is 0 Å². The lowest BCUT2D eigenvalue weighted by molar-refractivity contribution is -0.384.